The second kappa shape index (κ2) is 9.39. The minimum absolute atomic E-state index is 0.0903. The Balaban J connectivity index is 1.56. The number of nitrogens with zero attached hydrogens (tertiary/aromatic N) is 3. The molecule has 170 valence electrons. The van der Waals surface area contributed by atoms with Crippen molar-refractivity contribution in [2.24, 2.45) is 0 Å². The smallest absolute Gasteiger partial charge is 0.331 e. The second-order valence-corrected chi connectivity index (χ2v) is 7.43. The van der Waals surface area contributed by atoms with Crippen LogP contribution in [0.1, 0.15) is 17.9 Å². The van der Waals surface area contributed by atoms with Crippen molar-refractivity contribution >= 4 is 28.5 Å². The molecule has 0 spiro atoms. The van der Waals surface area contributed by atoms with Gasteiger partial charge in [0.1, 0.15) is 12.3 Å². The second-order valence-electron chi connectivity index (χ2n) is 7.43. The van der Waals surface area contributed by atoms with Gasteiger partial charge in [0.05, 0.1) is 23.7 Å². The molecule has 0 radical (unpaired) electrons. The summed E-state index contributed by atoms with van der Waals surface area (Å²) >= 11 is 0. The molecule has 0 aliphatic rings. The van der Waals surface area contributed by atoms with Crippen LogP contribution < -0.4 is 21.9 Å². The van der Waals surface area contributed by atoms with Gasteiger partial charge in [-0.2, -0.15) is 5.10 Å². The lowest BCUT2D eigenvalue weighted by Crippen LogP contribution is -2.42. The Morgan fingerprint density at radius 3 is 2.64 bits per heavy atom. The zero-order valence-electron chi connectivity index (χ0n) is 17.8. The summed E-state index contributed by atoms with van der Waals surface area (Å²) in [5, 5.41) is 12.2. The van der Waals surface area contributed by atoms with E-state index in [9.17, 15) is 19.2 Å². The van der Waals surface area contributed by atoms with E-state index in [0.29, 0.717) is 17.1 Å². The average Bonchev–Trinajstić information content (AvgIpc) is 3.47. The lowest BCUT2D eigenvalue weighted by Gasteiger charge is -2.13. The Morgan fingerprint density at radius 2 is 1.91 bits per heavy atom. The number of aryl methyl sites for hydroxylation is 1. The zero-order chi connectivity index (χ0) is 23.4. The molecule has 1 aromatic carbocycles. The average molecular weight is 450 g/mol. The van der Waals surface area contributed by atoms with Crippen molar-refractivity contribution in [1.82, 2.24) is 24.6 Å². The lowest BCUT2D eigenvalue weighted by atomic mass is 10.2. The molecule has 2 amide bonds. The molecule has 4 aromatic rings. The van der Waals surface area contributed by atoms with E-state index in [4.69, 9.17) is 4.42 Å². The van der Waals surface area contributed by atoms with Gasteiger partial charge in [0.25, 0.3) is 5.56 Å². The van der Waals surface area contributed by atoms with Crippen LogP contribution in [0.15, 0.2) is 62.7 Å². The van der Waals surface area contributed by atoms with Crippen LogP contribution in [0.2, 0.25) is 0 Å². The van der Waals surface area contributed by atoms with Crippen LogP contribution in [0.3, 0.4) is 0 Å². The third-order valence-electron chi connectivity index (χ3n) is 5.01. The highest BCUT2D eigenvalue weighted by molar-refractivity contribution is 5.90. The van der Waals surface area contributed by atoms with E-state index in [1.54, 1.807) is 49.4 Å². The quantitative estimate of drug-likeness (QED) is 0.367. The standard InChI is InChI=1S/C22H22N6O5/c1-14-11-18(26-25-14)24-20(30)13-28-17-7-3-2-6-16(17)21(31)27(22(28)32)9-8-19(29)23-12-15-5-4-10-33-15/h2-7,10-11H,8-9,12-13H2,1H3,(H,23,29)(H2,24,25,26,30). The van der Waals surface area contributed by atoms with Crippen molar-refractivity contribution in [3.63, 3.8) is 0 Å². The number of carbonyl (C=O) groups is 2. The third-order valence-corrected chi connectivity index (χ3v) is 5.01. The van der Waals surface area contributed by atoms with Crippen LogP contribution in [-0.2, 0) is 29.2 Å². The Morgan fingerprint density at radius 1 is 1.09 bits per heavy atom. The van der Waals surface area contributed by atoms with E-state index in [2.05, 4.69) is 20.8 Å². The monoisotopic (exact) mass is 450 g/mol. The Hall–Kier alpha value is -4.41. The molecule has 33 heavy (non-hydrogen) atoms. The summed E-state index contributed by atoms with van der Waals surface area (Å²) in [6.07, 6.45) is 1.41. The summed E-state index contributed by atoms with van der Waals surface area (Å²) in [5.41, 5.74) is -0.0916. The highest BCUT2D eigenvalue weighted by Crippen LogP contribution is 2.09. The summed E-state index contributed by atoms with van der Waals surface area (Å²) in [4.78, 5) is 50.8. The molecule has 0 aliphatic carbocycles. The number of hydrogen-bond donors (Lipinski definition) is 3. The first-order chi connectivity index (χ1) is 15.9. The molecule has 0 atom stereocenters. The van der Waals surface area contributed by atoms with Crippen molar-refractivity contribution < 1.29 is 14.0 Å². The Labute approximate surface area is 187 Å². The third kappa shape index (κ3) is 4.92. The fourth-order valence-electron chi connectivity index (χ4n) is 3.43. The highest BCUT2D eigenvalue weighted by atomic mass is 16.3. The van der Waals surface area contributed by atoms with E-state index in [-0.39, 0.29) is 37.3 Å². The minimum Gasteiger partial charge on any atom is -0.467 e. The Bertz CT molecular complexity index is 1410. The predicted octanol–water partition coefficient (Wildman–Crippen LogP) is 1.13. The van der Waals surface area contributed by atoms with Crippen LogP contribution in [0.5, 0.6) is 0 Å². The van der Waals surface area contributed by atoms with Gasteiger partial charge in [0.15, 0.2) is 5.82 Å². The number of fused-ring (bicyclic) bond motifs is 1. The lowest BCUT2D eigenvalue weighted by molar-refractivity contribution is -0.121. The summed E-state index contributed by atoms with van der Waals surface area (Å²) in [6.45, 7) is 1.54. The number of aromatic nitrogens is 4. The number of H-pyrrole nitrogens is 1. The molecule has 4 rings (SSSR count). The zero-order valence-corrected chi connectivity index (χ0v) is 17.8. The first kappa shape index (κ1) is 21.8. The molecule has 11 nitrogen and oxygen atoms in total. The van der Waals surface area contributed by atoms with Crippen molar-refractivity contribution in [3.05, 3.63) is 81.0 Å². The van der Waals surface area contributed by atoms with Gasteiger partial charge in [-0.1, -0.05) is 12.1 Å². The molecular formula is C22H22N6O5. The largest absolute Gasteiger partial charge is 0.467 e. The minimum atomic E-state index is -0.675. The number of furan rings is 1. The normalized spacial score (nSPS) is 10.9. The van der Waals surface area contributed by atoms with Crippen LogP contribution >= 0.6 is 0 Å². The number of aromatic amines is 1. The van der Waals surface area contributed by atoms with Gasteiger partial charge < -0.3 is 15.1 Å². The molecule has 0 aliphatic heterocycles. The number of anilines is 1. The van der Waals surface area contributed by atoms with Gasteiger partial charge >= 0.3 is 5.69 Å². The van der Waals surface area contributed by atoms with Crippen LogP contribution in [0.25, 0.3) is 10.9 Å². The molecule has 3 N–H and O–H groups in total. The van der Waals surface area contributed by atoms with Gasteiger partial charge in [-0.05, 0) is 31.2 Å². The van der Waals surface area contributed by atoms with Crippen molar-refractivity contribution in [2.45, 2.75) is 33.0 Å². The number of para-hydroxylation sites is 1. The van der Waals surface area contributed by atoms with Gasteiger partial charge in [-0.15, -0.1) is 0 Å². The van der Waals surface area contributed by atoms with Gasteiger partial charge in [-0.25, -0.2) is 4.79 Å². The maximum absolute atomic E-state index is 13.1. The van der Waals surface area contributed by atoms with Crippen LogP contribution in [0.4, 0.5) is 5.82 Å². The predicted molar refractivity (Wildman–Crippen MR) is 120 cm³/mol. The number of rotatable bonds is 8. The first-order valence-corrected chi connectivity index (χ1v) is 10.3. The van der Waals surface area contributed by atoms with E-state index >= 15 is 0 Å². The number of benzene rings is 1. The number of hydrogen-bond acceptors (Lipinski definition) is 6. The highest BCUT2D eigenvalue weighted by Gasteiger charge is 2.16. The molecule has 0 bridgehead atoms. The molecule has 0 saturated carbocycles. The maximum Gasteiger partial charge on any atom is 0.331 e. The molecule has 11 heteroatoms. The molecule has 0 fully saturated rings. The molecule has 3 heterocycles. The topological polar surface area (TPSA) is 144 Å². The van der Waals surface area contributed by atoms with Crippen molar-refractivity contribution in [1.29, 1.82) is 0 Å². The Kier molecular flexibility index (Phi) is 6.20. The van der Waals surface area contributed by atoms with Crippen LogP contribution in [0, 0.1) is 6.92 Å². The van der Waals surface area contributed by atoms with E-state index < -0.39 is 17.2 Å². The molecule has 0 unspecified atom stereocenters. The summed E-state index contributed by atoms with van der Waals surface area (Å²) in [6, 6.07) is 11.6. The first-order valence-electron chi connectivity index (χ1n) is 10.3. The van der Waals surface area contributed by atoms with E-state index in [0.717, 1.165) is 10.3 Å². The van der Waals surface area contributed by atoms with Crippen LogP contribution in [-0.4, -0.2) is 31.1 Å². The van der Waals surface area contributed by atoms with Crippen molar-refractivity contribution in [3.8, 4) is 0 Å². The van der Waals surface area contributed by atoms with Gasteiger partial charge in [0.2, 0.25) is 11.8 Å². The SMILES string of the molecule is Cc1cc(NC(=O)Cn2c(=O)n(CCC(=O)NCc3ccco3)c(=O)c3ccccc32)n[nH]1. The van der Waals surface area contributed by atoms with Crippen molar-refractivity contribution in [2.75, 3.05) is 5.32 Å². The fraction of sp³-hybridized carbons (Fsp3) is 0.227. The summed E-state index contributed by atoms with van der Waals surface area (Å²) in [5.74, 6) is 0.0993. The molecule has 3 aromatic heterocycles. The molecule has 0 saturated heterocycles. The van der Waals surface area contributed by atoms with E-state index in [1.807, 2.05) is 0 Å². The maximum atomic E-state index is 13.1. The van der Waals surface area contributed by atoms with Gasteiger partial charge in [-0.3, -0.25) is 28.6 Å². The summed E-state index contributed by atoms with van der Waals surface area (Å²) in [7, 11) is 0. The fourth-order valence-corrected chi connectivity index (χ4v) is 3.43. The molecular weight excluding hydrogens is 428 g/mol. The van der Waals surface area contributed by atoms with Gasteiger partial charge in [0, 0.05) is 24.7 Å². The van der Waals surface area contributed by atoms with E-state index in [1.165, 1.54) is 10.8 Å². The number of nitrogens with one attached hydrogen (secondary N) is 3. The summed E-state index contributed by atoms with van der Waals surface area (Å²) < 4.78 is 7.35. The number of carbonyl (C=O) groups excluding carboxylic acids is 2. The number of amides is 2.